The Kier molecular flexibility index (Phi) is 2.37. The van der Waals surface area contributed by atoms with Crippen molar-refractivity contribution in [3.05, 3.63) is 29.8 Å². The molecule has 0 atom stereocenters. The molecule has 0 aliphatic rings. The van der Waals surface area contributed by atoms with Gasteiger partial charge in [-0.3, -0.25) is 4.99 Å². The normalized spacial score (nSPS) is 11.3. The van der Waals surface area contributed by atoms with Crippen LogP contribution in [0.5, 0.6) is 0 Å². The average Bonchev–Trinajstić information content (AvgIpc) is 2.24. The first kappa shape index (κ1) is 9.65. The summed E-state index contributed by atoms with van der Waals surface area (Å²) in [5, 5.41) is 1.10. The van der Waals surface area contributed by atoms with Gasteiger partial charge in [0.05, 0.1) is 5.52 Å². The van der Waals surface area contributed by atoms with Crippen LogP contribution in [-0.4, -0.2) is 11.2 Å². The molecule has 0 bridgehead atoms. The molecule has 0 unspecified atom stereocenters. The molecule has 76 valence electrons. The van der Waals surface area contributed by atoms with Crippen molar-refractivity contribution in [3.63, 3.8) is 0 Å². The second-order valence-electron chi connectivity index (χ2n) is 3.38. The zero-order chi connectivity index (χ0) is 10.8. The first-order chi connectivity index (χ1) is 7.24. The summed E-state index contributed by atoms with van der Waals surface area (Å²) in [6, 6.07) is 7.94. The molecule has 1 aromatic carbocycles. The van der Waals surface area contributed by atoms with Gasteiger partial charge in [-0.05, 0) is 25.5 Å². The third-order valence-corrected chi connectivity index (χ3v) is 2.40. The van der Waals surface area contributed by atoms with E-state index in [2.05, 4.69) is 9.98 Å². The van der Waals surface area contributed by atoms with E-state index in [4.69, 9.17) is 5.73 Å². The van der Waals surface area contributed by atoms with Gasteiger partial charge in [0.2, 0.25) is 0 Å². The standard InChI is InChI=1S/C12H13N3/c1-3-14-11-8(2)9-6-4-5-7-10(9)15-12(11)13/h3-7H,1-2H3,(H2,13,15). The Labute approximate surface area is 88.7 Å². The van der Waals surface area contributed by atoms with E-state index in [9.17, 15) is 0 Å². The number of benzene rings is 1. The van der Waals surface area contributed by atoms with Crippen LogP contribution in [0.4, 0.5) is 11.5 Å². The van der Waals surface area contributed by atoms with Crippen molar-refractivity contribution in [2.24, 2.45) is 4.99 Å². The van der Waals surface area contributed by atoms with Crippen molar-refractivity contribution in [1.82, 2.24) is 4.98 Å². The molecule has 2 rings (SSSR count). The third-order valence-electron chi connectivity index (χ3n) is 2.40. The smallest absolute Gasteiger partial charge is 0.150 e. The summed E-state index contributed by atoms with van der Waals surface area (Å²) in [5.74, 6) is 0.490. The molecule has 0 aliphatic heterocycles. The predicted molar refractivity (Wildman–Crippen MR) is 64.7 cm³/mol. The van der Waals surface area contributed by atoms with Crippen molar-refractivity contribution in [2.75, 3.05) is 5.73 Å². The number of pyridine rings is 1. The number of rotatable bonds is 1. The Balaban J connectivity index is 2.83. The van der Waals surface area contributed by atoms with Crippen LogP contribution in [0, 0.1) is 6.92 Å². The topological polar surface area (TPSA) is 51.3 Å². The fourth-order valence-corrected chi connectivity index (χ4v) is 1.68. The molecular formula is C12H13N3. The van der Waals surface area contributed by atoms with E-state index >= 15 is 0 Å². The number of nitrogens with two attached hydrogens (primary N) is 1. The summed E-state index contributed by atoms with van der Waals surface area (Å²) >= 11 is 0. The van der Waals surface area contributed by atoms with Gasteiger partial charge in [0, 0.05) is 11.6 Å². The number of hydrogen-bond acceptors (Lipinski definition) is 3. The van der Waals surface area contributed by atoms with Crippen LogP contribution < -0.4 is 5.73 Å². The SMILES string of the molecule is CC=Nc1c(N)nc2ccccc2c1C. The predicted octanol–water partition coefficient (Wildman–Crippen LogP) is 2.85. The van der Waals surface area contributed by atoms with Crippen molar-refractivity contribution < 1.29 is 0 Å². The van der Waals surface area contributed by atoms with Crippen molar-refractivity contribution >= 4 is 28.6 Å². The monoisotopic (exact) mass is 199 g/mol. The van der Waals surface area contributed by atoms with Gasteiger partial charge >= 0.3 is 0 Å². The number of anilines is 1. The highest BCUT2D eigenvalue weighted by Crippen LogP contribution is 2.30. The van der Waals surface area contributed by atoms with Crippen molar-refractivity contribution in [3.8, 4) is 0 Å². The van der Waals surface area contributed by atoms with Crippen molar-refractivity contribution in [1.29, 1.82) is 0 Å². The number of aromatic nitrogens is 1. The van der Waals surface area contributed by atoms with Gasteiger partial charge in [-0.25, -0.2) is 4.98 Å². The summed E-state index contributed by atoms with van der Waals surface area (Å²) in [4.78, 5) is 8.56. The van der Waals surface area contributed by atoms with E-state index in [1.807, 2.05) is 38.1 Å². The summed E-state index contributed by atoms with van der Waals surface area (Å²) < 4.78 is 0. The molecule has 0 aliphatic carbocycles. The van der Waals surface area contributed by atoms with Crippen LogP contribution in [0.2, 0.25) is 0 Å². The Morgan fingerprint density at radius 3 is 2.80 bits per heavy atom. The van der Waals surface area contributed by atoms with Crippen LogP contribution in [0.1, 0.15) is 12.5 Å². The summed E-state index contributed by atoms with van der Waals surface area (Å²) in [5.41, 5.74) is 8.62. The molecule has 1 aromatic heterocycles. The highest BCUT2D eigenvalue weighted by atomic mass is 14.9. The number of para-hydroxylation sites is 1. The van der Waals surface area contributed by atoms with Crippen LogP contribution in [0.25, 0.3) is 10.9 Å². The van der Waals surface area contributed by atoms with Gasteiger partial charge in [0.15, 0.2) is 0 Å². The van der Waals surface area contributed by atoms with Gasteiger partial charge in [-0.15, -0.1) is 0 Å². The molecule has 3 heteroatoms. The number of fused-ring (bicyclic) bond motifs is 1. The molecule has 1 heterocycles. The molecule has 2 N–H and O–H groups in total. The maximum atomic E-state index is 5.85. The van der Waals surface area contributed by atoms with Crippen LogP contribution in [0.15, 0.2) is 29.3 Å². The molecule has 0 radical (unpaired) electrons. The highest BCUT2D eigenvalue weighted by molar-refractivity contribution is 5.90. The van der Waals surface area contributed by atoms with E-state index in [1.165, 1.54) is 0 Å². The molecule has 0 spiro atoms. The zero-order valence-electron chi connectivity index (χ0n) is 8.86. The summed E-state index contributed by atoms with van der Waals surface area (Å²) in [7, 11) is 0. The minimum Gasteiger partial charge on any atom is -0.382 e. The lowest BCUT2D eigenvalue weighted by molar-refractivity contribution is 1.34. The van der Waals surface area contributed by atoms with Crippen LogP contribution in [-0.2, 0) is 0 Å². The molecule has 3 nitrogen and oxygen atoms in total. The van der Waals surface area contributed by atoms with Crippen LogP contribution >= 0.6 is 0 Å². The molecule has 15 heavy (non-hydrogen) atoms. The van der Waals surface area contributed by atoms with Crippen molar-refractivity contribution in [2.45, 2.75) is 13.8 Å². The second-order valence-corrected chi connectivity index (χ2v) is 3.38. The zero-order valence-corrected chi connectivity index (χ0v) is 8.86. The highest BCUT2D eigenvalue weighted by Gasteiger charge is 2.07. The first-order valence-corrected chi connectivity index (χ1v) is 4.87. The minimum atomic E-state index is 0.490. The molecule has 0 saturated carbocycles. The maximum absolute atomic E-state index is 5.85. The van der Waals surface area contributed by atoms with Crippen LogP contribution in [0.3, 0.4) is 0 Å². The fraction of sp³-hybridized carbons (Fsp3) is 0.167. The molecule has 0 saturated heterocycles. The number of aryl methyl sites for hydroxylation is 1. The quantitative estimate of drug-likeness (QED) is 0.718. The van der Waals surface area contributed by atoms with Gasteiger partial charge in [0.1, 0.15) is 11.5 Å². The summed E-state index contributed by atoms with van der Waals surface area (Å²) in [6.45, 7) is 3.89. The molecular weight excluding hydrogens is 186 g/mol. The maximum Gasteiger partial charge on any atom is 0.150 e. The van der Waals surface area contributed by atoms with E-state index in [-0.39, 0.29) is 0 Å². The average molecular weight is 199 g/mol. The van der Waals surface area contributed by atoms with E-state index in [0.29, 0.717) is 5.82 Å². The van der Waals surface area contributed by atoms with Gasteiger partial charge in [-0.1, -0.05) is 18.2 Å². The largest absolute Gasteiger partial charge is 0.382 e. The number of aliphatic imine (C=N–C) groups is 1. The fourth-order valence-electron chi connectivity index (χ4n) is 1.68. The van der Waals surface area contributed by atoms with E-state index < -0.39 is 0 Å². The Bertz CT molecular complexity index is 530. The summed E-state index contributed by atoms with van der Waals surface area (Å²) in [6.07, 6.45) is 1.73. The lowest BCUT2D eigenvalue weighted by Crippen LogP contribution is -1.94. The molecule has 0 amide bonds. The second kappa shape index (κ2) is 3.69. The Morgan fingerprint density at radius 2 is 2.07 bits per heavy atom. The minimum absolute atomic E-state index is 0.490. The first-order valence-electron chi connectivity index (χ1n) is 4.87. The Hall–Kier alpha value is -1.90. The molecule has 2 aromatic rings. The van der Waals surface area contributed by atoms with Gasteiger partial charge in [-0.2, -0.15) is 0 Å². The van der Waals surface area contributed by atoms with E-state index in [1.54, 1.807) is 6.21 Å². The number of hydrogen-bond donors (Lipinski definition) is 1. The van der Waals surface area contributed by atoms with Gasteiger partial charge in [0.25, 0.3) is 0 Å². The number of nitrogen functional groups attached to an aromatic ring is 1. The third kappa shape index (κ3) is 1.56. The lowest BCUT2D eigenvalue weighted by atomic mass is 10.1. The van der Waals surface area contributed by atoms with Gasteiger partial charge < -0.3 is 5.73 Å². The molecule has 0 fully saturated rings. The lowest BCUT2D eigenvalue weighted by Gasteiger charge is -2.07. The number of nitrogens with zero attached hydrogens (tertiary/aromatic N) is 2. The Morgan fingerprint density at radius 1 is 1.33 bits per heavy atom. The van der Waals surface area contributed by atoms with E-state index in [0.717, 1.165) is 22.2 Å².